The summed E-state index contributed by atoms with van der Waals surface area (Å²) in [4.78, 5) is 7.06. The molecule has 0 spiro atoms. The zero-order valence-electron chi connectivity index (χ0n) is 11.4. The van der Waals surface area contributed by atoms with Crippen molar-refractivity contribution in [2.45, 2.75) is 31.1 Å². The molecule has 0 aliphatic carbocycles. The van der Waals surface area contributed by atoms with E-state index in [2.05, 4.69) is 28.3 Å². The van der Waals surface area contributed by atoms with Gasteiger partial charge in [-0.05, 0) is 51.2 Å². The van der Waals surface area contributed by atoms with Crippen molar-refractivity contribution in [2.24, 2.45) is 5.73 Å². The number of rotatable bonds is 4. The molecule has 0 saturated carbocycles. The Hall–Kier alpha value is -0.580. The van der Waals surface area contributed by atoms with Crippen molar-refractivity contribution in [3.63, 3.8) is 0 Å². The summed E-state index contributed by atoms with van der Waals surface area (Å²) in [6.45, 7) is 6.08. The number of hydrogen-bond acceptors (Lipinski definition) is 4. The van der Waals surface area contributed by atoms with E-state index in [0.29, 0.717) is 4.75 Å². The second kappa shape index (κ2) is 6.04. The first kappa shape index (κ1) is 13.8. The van der Waals surface area contributed by atoms with Crippen LogP contribution >= 0.6 is 11.8 Å². The Morgan fingerprint density at radius 1 is 1.39 bits per heavy atom. The van der Waals surface area contributed by atoms with Crippen LogP contribution in [0.15, 0.2) is 18.2 Å². The summed E-state index contributed by atoms with van der Waals surface area (Å²) in [5.41, 5.74) is 8.20. The molecule has 0 bridgehead atoms. The summed E-state index contributed by atoms with van der Waals surface area (Å²) in [7, 11) is 0. The maximum Gasteiger partial charge on any atom is 0.0547 e. The molecule has 1 aliphatic heterocycles. The molecule has 100 valence electrons. The topological polar surface area (TPSA) is 42.1 Å². The number of pyridine rings is 1. The minimum Gasteiger partial charge on any atom is -0.329 e. The van der Waals surface area contributed by atoms with Gasteiger partial charge in [0.2, 0.25) is 0 Å². The SMILES string of the molecule is CSC1(CN)CCN(Cc2cccc(C)n2)CC1. The Kier molecular flexibility index (Phi) is 4.65. The van der Waals surface area contributed by atoms with Crippen molar-refractivity contribution in [1.82, 2.24) is 9.88 Å². The van der Waals surface area contributed by atoms with Crippen LogP contribution in [0.3, 0.4) is 0 Å². The Balaban J connectivity index is 1.91. The number of aryl methyl sites for hydroxylation is 1. The van der Waals surface area contributed by atoms with E-state index < -0.39 is 0 Å². The Bertz CT molecular complexity index is 380. The maximum atomic E-state index is 5.91. The standard InChI is InChI=1S/C14H23N3S/c1-12-4-3-5-13(16-12)10-17-8-6-14(11-15,18-2)7-9-17/h3-5H,6-11,15H2,1-2H3. The number of nitrogens with zero attached hydrogens (tertiary/aromatic N) is 2. The molecule has 1 saturated heterocycles. The molecular weight excluding hydrogens is 242 g/mol. The fourth-order valence-corrected chi connectivity index (χ4v) is 3.28. The first-order valence-electron chi connectivity index (χ1n) is 6.57. The lowest BCUT2D eigenvalue weighted by molar-refractivity contribution is 0.193. The molecule has 0 amide bonds. The number of thioether (sulfide) groups is 1. The molecule has 0 aromatic carbocycles. The number of piperidine rings is 1. The van der Waals surface area contributed by atoms with Crippen LogP contribution in [0.4, 0.5) is 0 Å². The molecule has 0 unspecified atom stereocenters. The molecule has 1 aromatic heterocycles. The minimum atomic E-state index is 0.316. The molecule has 2 rings (SSSR count). The van der Waals surface area contributed by atoms with Gasteiger partial charge >= 0.3 is 0 Å². The third kappa shape index (κ3) is 3.25. The molecular formula is C14H23N3S. The lowest BCUT2D eigenvalue weighted by Gasteiger charge is -2.40. The number of hydrogen-bond donors (Lipinski definition) is 1. The summed E-state index contributed by atoms with van der Waals surface area (Å²) in [6.07, 6.45) is 4.57. The van der Waals surface area contributed by atoms with Crippen molar-refractivity contribution in [1.29, 1.82) is 0 Å². The largest absolute Gasteiger partial charge is 0.329 e. The van der Waals surface area contributed by atoms with E-state index >= 15 is 0 Å². The number of likely N-dealkylation sites (tertiary alicyclic amines) is 1. The number of aromatic nitrogens is 1. The van der Waals surface area contributed by atoms with E-state index in [0.717, 1.165) is 31.9 Å². The molecule has 2 heterocycles. The van der Waals surface area contributed by atoms with E-state index in [1.54, 1.807) is 0 Å². The van der Waals surface area contributed by atoms with Gasteiger partial charge in [0.15, 0.2) is 0 Å². The predicted molar refractivity (Wildman–Crippen MR) is 78.8 cm³/mol. The predicted octanol–water partition coefficient (Wildman–Crippen LogP) is 2.05. The minimum absolute atomic E-state index is 0.316. The third-order valence-corrected chi connectivity index (χ3v) is 5.34. The highest BCUT2D eigenvalue weighted by molar-refractivity contribution is 8.00. The van der Waals surface area contributed by atoms with E-state index in [1.165, 1.54) is 18.5 Å². The van der Waals surface area contributed by atoms with Gasteiger partial charge in [0.1, 0.15) is 0 Å². The highest BCUT2D eigenvalue weighted by atomic mass is 32.2. The molecule has 1 aliphatic rings. The molecule has 4 heteroatoms. The van der Waals surface area contributed by atoms with E-state index in [9.17, 15) is 0 Å². The second-order valence-electron chi connectivity index (χ2n) is 5.14. The molecule has 2 N–H and O–H groups in total. The van der Waals surface area contributed by atoms with Crippen molar-refractivity contribution in [2.75, 3.05) is 25.9 Å². The fourth-order valence-electron chi connectivity index (χ4n) is 2.53. The van der Waals surface area contributed by atoms with Gasteiger partial charge in [0.05, 0.1) is 5.69 Å². The smallest absolute Gasteiger partial charge is 0.0547 e. The Morgan fingerprint density at radius 3 is 2.67 bits per heavy atom. The van der Waals surface area contributed by atoms with Crippen LogP contribution in [-0.4, -0.2) is 40.5 Å². The van der Waals surface area contributed by atoms with Crippen molar-refractivity contribution >= 4 is 11.8 Å². The average molecular weight is 265 g/mol. The molecule has 0 radical (unpaired) electrons. The lowest BCUT2D eigenvalue weighted by atomic mass is 9.95. The fraction of sp³-hybridized carbons (Fsp3) is 0.643. The quantitative estimate of drug-likeness (QED) is 0.905. The monoisotopic (exact) mass is 265 g/mol. The van der Waals surface area contributed by atoms with Crippen LogP contribution in [0.5, 0.6) is 0 Å². The Labute approximate surface area is 114 Å². The summed E-state index contributed by atoms with van der Waals surface area (Å²) in [5, 5.41) is 0. The van der Waals surface area contributed by atoms with Crippen LogP contribution in [0.2, 0.25) is 0 Å². The van der Waals surface area contributed by atoms with Gasteiger partial charge in [-0.25, -0.2) is 0 Å². The van der Waals surface area contributed by atoms with Crippen LogP contribution in [-0.2, 0) is 6.54 Å². The van der Waals surface area contributed by atoms with Crippen molar-refractivity contribution < 1.29 is 0 Å². The van der Waals surface area contributed by atoms with E-state index in [-0.39, 0.29) is 0 Å². The average Bonchev–Trinajstić information content (AvgIpc) is 2.40. The van der Waals surface area contributed by atoms with Gasteiger partial charge in [-0.1, -0.05) is 6.07 Å². The highest BCUT2D eigenvalue weighted by Crippen LogP contribution is 2.33. The summed E-state index contributed by atoms with van der Waals surface area (Å²) in [6, 6.07) is 6.26. The van der Waals surface area contributed by atoms with Gasteiger partial charge < -0.3 is 5.73 Å². The lowest BCUT2D eigenvalue weighted by Crippen LogP contribution is -2.46. The van der Waals surface area contributed by atoms with E-state index in [1.807, 2.05) is 24.8 Å². The normalized spacial score (nSPS) is 19.9. The summed E-state index contributed by atoms with van der Waals surface area (Å²) in [5.74, 6) is 0. The first-order chi connectivity index (χ1) is 8.67. The zero-order chi connectivity index (χ0) is 13.0. The first-order valence-corrected chi connectivity index (χ1v) is 7.80. The third-order valence-electron chi connectivity index (χ3n) is 3.90. The second-order valence-corrected chi connectivity index (χ2v) is 6.41. The number of nitrogens with two attached hydrogens (primary N) is 1. The van der Waals surface area contributed by atoms with Gasteiger partial charge in [0, 0.05) is 23.5 Å². The van der Waals surface area contributed by atoms with Gasteiger partial charge in [0.25, 0.3) is 0 Å². The molecule has 1 fully saturated rings. The molecule has 3 nitrogen and oxygen atoms in total. The molecule has 18 heavy (non-hydrogen) atoms. The maximum absolute atomic E-state index is 5.91. The van der Waals surface area contributed by atoms with Crippen LogP contribution in [0.1, 0.15) is 24.2 Å². The van der Waals surface area contributed by atoms with Gasteiger partial charge in [-0.2, -0.15) is 11.8 Å². The van der Waals surface area contributed by atoms with Crippen LogP contribution in [0, 0.1) is 6.92 Å². The highest BCUT2D eigenvalue weighted by Gasteiger charge is 2.32. The van der Waals surface area contributed by atoms with Gasteiger partial charge in [-0.15, -0.1) is 0 Å². The summed E-state index contributed by atoms with van der Waals surface area (Å²) >= 11 is 1.94. The van der Waals surface area contributed by atoms with Crippen LogP contribution in [0.25, 0.3) is 0 Å². The van der Waals surface area contributed by atoms with Crippen LogP contribution < -0.4 is 5.73 Å². The Morgan fingerprint density at radius 2 is 2.11 bits per heavy atom. The van der Waals surface area contributed by atoms with E-state index in [4.69, 9.17) is 5.73 Å². The van der Waals surface area contributed by atoms with Gasteiger partial charge in [-0.3, -0.25) is 9.88 Å². The zero-order valence-corrected chi connectivity index (χ0v) is 12.2. The molecule has 0 atom stereocenters. The summed E-state index contributed by atoms with van der Waals surface area (Å²) < 4.78 is 0.316. The van der Waals surface area contributed by atoms with Crippen molar-refractivity contribution in [3.8, 4) is 0 Å². The van der Waals surface area contributed by atoms with Crippen molar-refractivity contribution in [3.05, 3.63) is 29.6 Å². The molecule has 1 aromatic rings.